The first kappa shape index (κ1) is 25.0. The fourth-order valence-corrected chi connectivity index (χ4v) is 2.30. The van der Waals surface area contributed by atoms with Crippen molar-refractivity contribution in [2.75, 3.05) is 13.1 Å². The van der Waals surface area contributed by atoms with Gasteiger partial charge >= 0.3 is 6.36 Å². The van der Waals surface area contributed by atoms with E-state index in [1.165, 1.54) is 24.3 Å². The van der Waals surface area contributed by atoms with Gasteiger partial charge in [0.2, 0.25) is 0 Å². The summed E-state index contributed by atoms with van der Waals surface area (Å²) in [5.41, 5.74) is 1.25. The molecular formula is C19H22F4IN3O2. The maximum absolute atomic E-state index is 12.9. The molecule has 0 aromatic heterocycles. The maximum Gasteiger partial charge on any atom is 0.573 e. The number of aliphatic imine (C=N–C) groups is 1. The van der Waals surface area contributed by atoms with E-state index in [9.17, 15) is 22.7 Å². The molecule has 5 nitrogen and oxygen atoms in total. The average Bonchev–Trinajstić information content (AvgIpc) is 2.64. The van der Waals surface area contributed by atoms with Crippen LogP contribution >= 0.6 is 24.0 Å². The molecule has 0 spiro atoms. The fourth-order valence-electron chi connectivity index (χ4n) is 2.30. The van der Waals surface area contributed by atoms with E-state index in [1.807, 2.05) is 6.92 Å². The number of hydrogen-bond acceptors (Lipinski definition) is 3. The smallest absolute Gasteiger partial charge is 0.406 e. The molecule has 3 N–H and O–H groups in total. The first-order valence-corrected chi connectivity index (χ1v) is 8.57. The Balaban J connectivity index is 0.00000420. The van der Waals surface area contributed by atoms with Gasteiger partial charge in [0.15, 0.2) is 5.96 Å². The van der Waals surface area contributed by atoms with Crippen LogP contribution in [-0.2, 0) is 6.54 Å². The number of aliphatic hydroxyl groups excluding tert-OH is 1. The highest BCUT2D eigenvalue weighted by Crippen LogP contribution is 2.24. The van der Waals surface area contributed by atoms with E-state index in [2.05, 4.69) is 20.4 Å². The van der Waals surface area contributed by atoms with Gasteiger partial charge in [0.05, 0.1) is 12.6 Å². The third kappa shape index (κ3) is 9.31. The second kappa shape index (κ2) is 11.8. The number of ether oxygens (including phenoxy) is 1. The van der Waals surface area contributed by atoms with Gasteiger partial charge in [-0.15, -0.1) is 37.1 Å². The molecule has 160 valence electrons. The molecule has 10 heteroatoms. The zero-order valence-electron chi connectivity index (χ0n) is 15.5. The fraction of sp³-hybridized carbons (Fsp3) is 0.316. The SMILES string of the molecule is CCNC(=NCc1ccc(F)cc1)NCC(O)c1ccc(OC(F)(F)F)cc1.I. The van der Waals surface area contributed by atoms with Gasteiger partial charge < -0.3 is 20.5 Å². The van der Waals surface area contributed by atoms with Crippen LogP contribution in [0.3, 0.4) is 0 Å². The van der Waals surface area contributed by atoms with Gasteiger partial charge in [-0.3, -0.25) is 0 Å². The van der Waals surface area contributed by atoms with E-state index in [0.717, 1.165) is 17.7 Å². The molecule has 0 aliphatic heterocycles. The van der Waals surface area contributed by atoms with Crippen LogP contribution < -0.4 is 15.4 Å². The lowest BCUT2D eigenvalue weighted by molar-refractivity contribution is -0.274. The number of hydrogen-bond donors (Lipinski definition) is 3. The van der Waals surface area contributed by atoms with Crippen molar-refractivity contribution in [3.8, 4) is 5.75 Å². The number of rotatable bonds is 7. The molecule has 0 radical (unpaired) electrons. The highest BCUT2D eigenvalue weighted by Gasteiger charge is 2.31. The predicted octanol–water partition coefficient (Wildman–Crippen LogP) is 4.13. The number of nitrogens with zero attached hydrogens (tertiary/aromatic N) is 1. The predicted molar refractivity (Wildman–Crippen MR) is 113 cm³/mol. The maximum atomic E-state index is 12.9. The van der Waals surface area contributed by atoms with E-state index in [0.29, 0.717) is 24.6 Å². The van der Waals surface area contributed by atoms with Crippen LogP contribution in [0.15, 0.2) is 53.5 Å². The van der Waals surface area contributed by atoms with Gasteiger partial charge in [0, 0.05) is 13.1 Å². The third-order valence-corrected chi connectivity index (χ3v) is 3.64. The number of aliphatic hydroxyl groups is 1. The Bertz CT molecular complexity index is 769. The molecule has 1 unspecified atom stereocenters. The number of guanidine groups is 1. The van der Waals surface area contributed by atoms with Gasteiger partial charge in [-0.2, -0.15) is 0 Å². The van der Waals surface area contributed by atoms with Gasteiger partial charge in [-0.1, -0.05) is 24.3 Å². The molecule has 29 heavy (non-hydrogen) atoms. The minimum Gasteiger partial charge on any atom is -0.406 e. The summed E-state index contributed by atoms with van der Waals surface area (Å²) in [7, 11) is 0. The Morgan fingerprint density at radius 2 is 1.69 bits per heavy atom. The zero-order chi connectivity index (χ0) is 20.6. The van der Waals surface area contributed by atoms with Crippen LogP contribution in [0.25, 0.3) is 0 Å². The minimum absolute atomic E-state index is 0. The molecule has 2 rings (SSSR count). The summed E-state index contributed by atoms with van der Waals surface area (Å²) in [6, 6.07) is 10.9. The summed E-state index contributed by atoms with van der Waals surface area (Å²) in [5.74, 6) is -0.235. The quantitative estimate of drug-likeness (QED) is 0.219. The van der Waals surface area contributed by atoms with E-state index in [1.54, 1.807) is 12.1 Å². The van der Waals surface area contributed by atoms with Crippen LogP contribution in [0.5, 0.6) is 5.75 Å². The molecule has 0 fully saturated rings. The summed E-state index contributed by atoms with van der Waals surface area (Å²) < 4.78 is 53.3. The van der Waals surface area contributed by atoms with Crippen molar-refractivity contribution in [3.05, 3.63) is 65.5 Å². The van der Waals surface area contributed by atoms with Crippen molar-refractivity contribution in [1.29, 1.82) is 0 Å². The van der Waals surface area contributed by atoms with Gasteiger partial charge in [0.1, 0.15) is 11.6 Å². The number of halogens is 5. The molecule has 0 heterocycles. The van der Waals surface area contributed by atoms with Gasteiger partial charge in [0.25, 0.3) is 0 Å². The first-order valence-electron chi connectivity index (χ1n) is 8.57. The molecule has 0 bridgehead atoms. The Morgan fingerprint density at radius 3 is 2.24 bits per heavy atom. The van der Waals surface area contributed by atoms with E-state index in [-0.39, 0.29) is 42.1 Å². The lowest BCUT2D eigenvalue weighted by atomic mass is 10.1. The van der Waals surface area contributed by atoms with E-state index < -0.39 is 12.5 Å². The van der Waals surface area contributed by atoms with Gasteiger partial charge in [-0.05, 0) is 42.3 Å². The van der Waals surface area contributed by atoms with Gasteiger partial charge in [-0.25, -0.2) is 9.38 Å². The number of benzene rings is 2. The summed E-state index contributed by atoms with van der Waals surface area (Å²) in [4.78, 5) is 4.35. The van der Waals surface area contributed by atoms with Crippen LogP contribution in [0.4, 0.5) is 17.6 Å². The molecule has 2 aromatic rings. The zero-order valence-corrected chi connectivity index (χ0v) is 17.9. The van der Waals surface area contributed by atoms with Crippen LogP contribution in [-0.4, -0.2) is 30.5 Å². The Labute approximate surface area is 183 Å². The Hall–Kier alpha value is -2.08. The molecule has 2 aromatic carbocycles. The largest absolute Gasteiger partial charge is 0.573 e. The second-order valence-electron chi connectivity index (χ2n) is 5.84. The minimum atomic E-state index is -4.76. The van der Waals surface area contributed by atoms with Crippen LogP contribution in [0, 0.1) is 5.82 Å². The van der Waals surface area contributed by atoms with E-state index >= 15 is 0 Å². The highest BCUT2D eigenvalue weighted by atomic mass is 127. The lowest BCUT2D eigenvalue weighted by Gasteiger charge is -2.16. The molecule has 1 atom stereocenters. The Morgan fingerprint density at radius 1 is 1.07 bits per heavy atom. The lowest BCUT2D eigenvalue weighted by Crippen LogP contribution is -2.39. The normalized spacial score (nSPS) is 12.7. The topological polar surface area (TPSA) is 65.9 Å². The first-order chi connectivity index (χ1) is 13.3. The van der Waals surface area contributed by atoms with Crippen molar-refractivity contribution in [3.63, 3.8) is 0 Å². The van der Waals surface area contributed by atoms with Crippen molar-refractivity contribution >= 4 is 29.9 Å². The molecule has 0 amide bonds. The van der Waals surface area contributed by atoms with Crippen molar-refractivity contribution < 1.29 is 27.4 Å². The Kier molecular flexibility index (Phi) is 10.2. The van der Waals surface area contributed by atoms with E-state index in [4.69, 9.17) is 0 Å². The monoisotopic (exact) mass is 527 g/mol. The van der Waals surface area contributed by atoms with Crippen molar-refractivity contribution in [2.24, 2.45) is 4.99 Å². The summed E-state index contributed by atoms with van der Waals surface area (Å²) >= 11 is 0. The molecule has 0 saturated carbocycles. The third-order valence-electron chi connectivity index (χ3n) is 3.64. The van der Waals surface area contributed by atoms with Crippen molar-refractivity contribution in [2.45, 2.75) is 25.9 Å². The van der Waals surface area contributed by atoms with Crippen LogP contribution in [0.2, 0.25) is 0 Å². The number of alkyl halides is 3. The van der Waals surface area contributed by atoms with Crippen LogP contribution in [0.1, 0.15) is 24.2 Å². The highest BCUT2D eigenvalue weighted by molar-refractivity contribution is 14.0. The second-order valence-corrected chi connectivity index (χ2v) is 5.84. The summed E-state index contributed by atoms with van der Waals surface area (Å²) in [5, 5.41) is 16.2. The summed E-state index contributed by atoms with van der Waals surface area (Å²) in [6.07, 6.45) is -5.72. The molecule has 0 aliphatic carbocycles. The number of nitrogens with one attached hydrogen (secondary N) is 2. The summed E-state index contributed by atoms with van der Waals surface area (Å²) in [6.45, 7) is 2.88. The standard InChI is InChI=1S/C19H21F4N3O2.HI/c1-2-24-18(25-11-13-3-7-15(20)8-4-13)26-12-17(27)14-5-9-16(10-6-14)28-19(21,22)23;/h3-10,17,27H,2,11-12H2,1H3,(H2,24,25,26);1H. The average molecular weight is 527 g/mol. The van der Waals surface area contributed by atoms with Crippen molar-refractivity contribution in [1.82, 2.24) is 10.6 Å². The molecule has 0 aliphatic rings. The molecular weight excluding hydrogens is 505 g/mol. The molecule has 0 saturated heterocycles.